The van der Waals surface area contributed by atoms with Crippen molar-refractivity contribution < 1.29 is 9.47 Å². The number of ether oxygens (including phenoxy) is 2. The number of hydrogen-bond donors (Lipinski definition) is 2. The van der Waals surface area contributed by atoms with Gasteiger partial charge in [0.05, 0.1) is 24.2 Å². The number of H-pyrrole nitrogens is 1. The first-order valence-electron chi connectivity index (χ1n) is 7.86. The minimum absolute atomic E-state index is 0.586. The zero-order valence-electron chi connectivity index (χ0n) is 13.4. The summed E-state index contributed by atoms with van der Waals surface area (Å²) in [6.07, 6.45) is 0.957. The Kier molecular flexibility index (Phi) is 4.37. The molecule has 0 fully saturated rings. The lowest BCUT2D eigenvalue weighted by Crippen LogP contribution is -2.00. The van der Waals surface area contributed by atoms with Gasteiger partial charge in [-0.15, -0.1) is 0 Å². The van der Waals surface area contributed by atoms with E-state index in [0.717, 1.165) is 40.3 Å². The summed E-state index contributed by atoms with van der Waals surface area (Å²) in [5.74, 6) is 2.28. The predicted octanol–water partition coefficient (Wildman–Crippen LogP) is 4.00. The molecule has 0 amide bonds. The van der Waals surface area contributed by atoms with E-state index in [1.165, 1.54) is 0 Å². The van der Waals surface area contributed by atoms with Crippen LogP contribution >= 0.6 is 0 Å². The molecule has 23 heavy (non-hydrogen) atoms. The first kappa shape index (κ1) is 15.2. The number of nitrogen functional groups attached to an aromatic ring is 1. The van der Waals surface area contributed by atoms with Crippen LogP contribution < -0.4 is 15.2 Å². The second-order valence-electron chi connectivity index (χ2n) is 5.30. The Morgan fingerprint density at radius 3 is 2.70 bits per heavy atom. The van der Waals surface area contributed by atoms with Crippen LogP contribution in [0, 0.1) is 0 Å². The topological polar surface area (TPSA) is 73.2 Å². The number of aromatic nitrogens is 2. The zero-order valence-corrected chi connectivity index (χ0v) is 13.4. The standard InChI is InChI=1S/C18H21N3O2/c1-3-9-23-16-8-5-12(10-17(16)22-4-2)18-20-14-7-6-13(19)11-15(14)21-18/h5-8,10-11H,3-4,9,19H2,1-2H3,(H,20,21). The summed E-state index contributed by atoms with van der Waals surface area (Å²) in [7, 11) is 0. The molecule has 0 bridgehead atoms. The second-order valence-corrected chi connectivity index (χ2v) is 5.30. The molecular formula is C18H21N3O2. The highest BCUT2D eigenvalue weighted by atomic mass is 16.5. The van der Waals surface area contributed by atoms with Gasteiger partial charge in [-0.3, -0.25) is 0 Å². The Morgan fingerprint density at radius 1 is 1.04 bits per heavy atom. The molecule has 2 aromatic carbocycles. The molecule has 0 unspecified atom stereocenters. The van der Waals surface area contributed by atoms with E-state index in [1.807, 2.05) is 43.3 Å². The van der Waals surface area contributed by atoms with Gasteiger partial charge in [-0.2, -0.15) is 0 Å². The van der Waals surface area contributed by atoms with Crippen molar-refractivity contribution in [2.45, 2.75) is 20.3 Å². The molecule has 0 spiro atoms. The van der Waals surface area contributed by atoms with Crippen molar-refractivity contribution in [3.63, 3.8) is 0 Å². The van der Waals surface area contributed by atoms with Crippen molar-refractivity contribution in [1.82, 2.24) is 9.97 Å². The van der Waals surface area contributed by atoms with Crippen LogP contribution in [0.1, 0.15) is 20.3 Å². The molecule has 1 aromatic heterocycles. The molecule has 0 atom stereocenters. The molecule has 3 rings (SSSR count). The molecule has 0 radical (unpaired) electrons. The summed E-state index contributed by atoms with van der Waals surface area (Å²) in [6.45, 7) is 5.29. The van der Waals surface area contributed by atoms with Crippen LogP contribution in [0.15, 0.2) is 36.4 Å². The van der Waals surface area contributed by atoms with Gasteiger partial charge in [0.2, 0.25) is 0 Å². The predicted molar refractivity (Wildman–Crippen MR) is 92.9 cm³/mol. The highest BCUT2D eigenvalue weighted by Crippen LogP contribution is 2.32. The Bertz CT molecular complexity index is 811. The molecule has 0 saturated carbocycles. The van der Waals surface area contributed by atoms with Crippen LogP contribution in [0.25, 0.3) is 22.4 Å². The van der Waals surface area contributed by atoms with Gasteiger partial charge in [0.1, 0.15) is 5.82 Å². The van der Waals surface area contributed by atoms with Crippen molar-refractivity contribution in [3.8, 4) is 22.9 Å². The minimum atomic E-state index is 0.586. The van der Waals surface area contributed by atoms with Crippen LogP contribution in [-0.4, -0.2) is 23.2 Å². The minimum Gasteiger partial charge on any atom is -0.490 e. The third kappa shape index (κ3) is 3.23. The van der Waals surface area contributed by atoms with E-state index >= 15 is 0 Å². The lowest BCUT2D eigenvalue weighted by atomic mass is 10.2. The van der Waals surface area contributed by atoms with E-state index in [-0.39, 0.29) is 0 Å². The van der Waals surface area contributed by atoms with Crippen LogP contribution in [0.4, 0.5) is 5.69 Å². The van der Waals surface area contributed by atoms with E-state index in [9.17, 15) is 0 Å². The van der Waals surface area contributed by atoms with E-state index in [4.69, 9.17) is 15.2 Å². The lowest BCUT2D eigenvalue weighted by molar-refractivity contribution is 0.277. The Labute approximate surface area is 135 Å². The fourth-order valence-corrected chi connectivity index (χ4v) is 2.42. The van der Waals surface area contributed by atoms with Crippen molar-refractivity contribution in [1.29, 1.82) is 0 Å². The molecule has 0 aliphatic heterocycles. The smallest absolute Gasteiger partial charge is 0.161 e. The van der Waals surface area contributed by atoms with Gasteiger partial charge in [0.25, 0.3) is 0 Å². The molecule has 0 saturated heterocycles. The summed E-state index contributed by atoms with van der Waals surface area (Å²) < 4.78 is 11.4. The summed E-state index contributed by atoms with van der Waals surface area (Å²) in [5, 5.41) is 0. The summed E-state index contributed by atoms with van der Waals surface area (Å²) in [5.41, 5.74) is 9.29. The lowest BCUT2D eigenvalue weighted by Gasteiger charge is -2.12. The molecule has 3 N–H and O–H groups in total. The normalized spacial score (nSPS) is 10.9. The van der Waals surface area contributed by atoms with Crippen LogP contribution in [0.5, 0.6) is 11.5 Å². The summed E-state index contributed by atoms with van der Waals surface area (Å²) in [4.78, 5) is 7.91. The van der Waals surface area contributed by atoms with Gasteiger partial charge in [-0.05, 0) is 49.7 Å². The van der Waals surface area contributed by atoms with E-state index in [2.05, 4.69) is 16.9 Å². The van der Waals surface area contributed by atoms with Crippen molar-refractivity contribution in [3.05, 3.63) is 36.4 Å². The summed E-state index contributed by atoms with van der Waals surface area (Å²) in [6, 6.07) is 11.5. The maximum atomic E-state index is 5.82. The number of nitrogens with two attached hydrogens (primary N) is 1. The first-order chi connectivity index (χ1) is 11.2. The molecule has 3 aromatic rings. The number of nitrogens with zero attached hydrogens (tertiary/aromatic N) is 1. The molecule has 0 aliphatic rings. The van der Waals surface area contributed by atoms with Gasteiger partial charge in [0.15, 0.2) is 11.5 Å². The van der Waals surface area contributed by atoms with E-state index in [1.54, 1.807) is 0 Å². The van der Waals surface area contributed by atoms with Crippen LogP contribution in [0.3, 0.4) is 0 Å². The van der Waals surface area contributed by atoms with Crippen LogP contribution in [0.2, 0.25) is 0 Å². The molecule has 120 valence electrons. The quantitative estimate of drug-likeness (QED) is 0.675. The molecular weight excluding hydrogens is 290 g/mol. The van der Waals surface area contributed by atoms with Gasteiger partial charge >= 0.3 is 0 Å². The third-order valence-corrected chi connectivity index (χ3v) is 3.48. The maximum Gasteiger partial charge on any atom is 0.161 e. The monoisotopic (exact) mass is 311 g/mol. The van der Waals surface area contributed by atoms with E-state index in [0.29, 0.717) is 18.9 Å². The first-order valence-corrected chi connectivity index (χ1v) is 7.86. The molecule has 5 nitrogen and oxygen atoms in total. The zero-order chi connectivity index (χ0) is 16.2. The number of aromatic amines is 1. The molecule has 1 heterocycles. The number of nitrogens with one attached hydrogen (secondary N) is 1. The Morgan fingerprint density at radius 2 is 1.91 bits per heavy atom. The highest BCUT2D eigenvalue weighted by molar-refractivity contribution is 5.82. The SMILES string of the molecule is CCCOc1ccc(-c2nc3ccc(N)cc3[nH]2)cc1OCC. The number of benzene rings is 2. The molecule has 0 aliphatic carbocycles. The van der Waals surface area contributed by atoms with Gasteiger partial charge in [0, 0.05) is 11.3 Å². The fourth-order valence-electron chi connectivity index (χ4n) is 2.42. The number of rotatable bonds is 6. The fraction of sp³-hybridized carbons (Fsp3) is 0.278. The maximum absolute atomic E-state index is 5.82. The number of imidazole rings is 1. The Balaban J connectivity index is 1.98. The summed E-state index contributed by atoms with van der Waals surface area (Å²) >= 11 is 0. The van der Waals surface area contributed by atoms with Gasteiger partial charge < -0.3 is 20.2 Å². The van der Waals surface area contributed by atoms with Crippen molar-refractivity contribution in [2.75, 3.05) is 18.9 Å². The van der Waals surface area contributed by atoms with Crippen molar-refractivity contribution >= 4 is 16.7 Å². The highest BCUT2D eigenvalue weighted by Gasteiger charge is 2.11. The second kappa shape index (κ2) is 6.60. The van der Waals surface area contributed by atoms with Crippen molar-refractivity contribution in [2.24, 2.45) is 0 Å². The van der Waals surface area contributed by atoms with Gasteiger partial charge in [-0.1, -0.05) is 6.92 Å². The third-order valence-electron chi connectivity index (χ3n) is 3.48. The number of anilines is 1. The largest absolute Gasteiger partial charge is 0.490 e. The number of hydrogen-bond acceptors (Lipinski definition) is 4. The van der Waals surface area contributed by atoms with E-state index < -0.39 is 0 Å². The molecule has 5 heteroatoms. The average Bonchev–Trinajstić information content (AvgIpc) is 2.97. The van der Waals surface area contributed by atoms with Gasteiger partial charge in [-0.25, -0.2) is 4.98 Å². The average molecular weight is 311 g/mol. The van der Waals surface area contributed by atoms with Crippen LogP contribution in [-0.2, 0) is 0 Å². The number of fused-ring (bicyclic) bond motifs is 1. The Hall–Kier alpha value is -2.69.